The van der Waals surface area contributed by atoms with Crippen molar-refractivity contribution < 1.29 is 4.74 Å². The van der Waals surface area contributed by atoms with E-state index in [1.54, 1.807) is 0 Å². The monoisotopic (exact) mass is 228 g/mol. The molecule has 0 radical (unpaired) electrons. The van der Waals surface area contributed by atoms with E-state index < -0.39 is 0 Å². The summed E-state index contributed by atoms with van der Waals surface area (Å²) in [5, 5.41) is 0. The van der Waals surface area contributed by atoms with Gasteiger partial charge in [-0.3, -0.25) is 0 Å². The lowest BCUT2D eigenvalue weighted by Gasteiger charge is -2.23. The van der Waals surface area contributed by atoms with Crippen LogP contribution in [0.5, 0.6) is 0 Å². The van der Waals surface area contributed by atoms with Crippen molar-refractivity contribution in [2.24, 2.45) is 11.7 Å². The summed E-state index contributed by atoms with van der Waals surface area (Å²) in [6.45, 7) is 9.84. The Morgan fingerprint density at radius 3 is 2.75 bits per heavy atom. The Morgan fingerprint density at radius 2 is 2.00 bits per heavy atom. The lowest BCUT2D eigenvalue weighted by molar-refractivity contribution is 0.138. The Labute approximate surface area is 100 Å². The van der Waals surface area contributed by atoms with Crippen LogP contribution in [0.3, 0.4) is 0 Å². The first-order valence-corrected chi connectivity index (χ1v) is 6.74. The molecule has 0 aromatic heterocycles. The highest BCUT2D eigenvalue weighted by Gasteiger charge is 2.12. The van der Waals surface area contributed by atoms with E-state index in [-0.39, 0.29) is 0 Å². The van der Waals surface area contributed by atoms with E-state index in [4.69, 9.17) is 10.5 Å². The molecule has 0 amide bonds. The molecule has 1 heterocycles. The second-order valence-corrected chi connectivity index (χ2v) is 5.28. The third-order valence-electron chi connectivity index (χ3n) is 3.24. The Morgan fingerprint density at radius 1 is 1.19 bits per heavy atom. The smallest absolute Gasteiger partial charge is 0.0593 e. The number of ether oxygens (including phenoxy) is 1. The van der Waals surface area contributed by atoms with Crippen molar-refractivity contribution >= 4 is 0 Å². The summed E-state index contributed by atoms with van der Waals surface area (Å²) in [6.07, 6.45) is 4.92. The quantitative estimate of drug-likeness (QED) is 0.754. The molecule has 0 bridgehead atoms. The number of nitrogens with two attached hydrogens (primary N) is 1. The molecule has 0 aromatic rings. The molecular weight excluding hydrogens is 200 g/mol. The normalized spacial score (nSPS) is 22.7. The second-order valence-electron chi connectivity index (χ2n) is 5.28. The van der Waals surface area contributed by atoms with Crippen LogP contribution in [0.4, 0.5) is 0 Å². The molecule has 0 saturated carbocycles. The number of nitrogens with zero attached hydrogens (tertiary/aromatic N) is 1. The standard InChI is InChI=1S/C13H28N2O/c1-12(5-3-6-13(2)14)11-15-7-4-9-16-10-8-15/h12-13H,3-11,14H2,1-2H3. The number of rotatable bonds is 6. The van der Waals surface area contributed by atoms with Gasteiger partial charge in [-0.1, -0.05) is 13.3 Å². The average Bonchev–Trinajstić information content (AvgIpc) is 2.45. The van der Waals surface area contributed by atoms with Crippen molar-refractivity contribution in [3.8, 4) is 0 Å². The van der Waals surface area contributed by atoms with E-state index in [1.807, 2.05) is 0 Å². The largest absolute Gasteiger partial charge is 0.380 e. The average molecular weight is 228 g/mol. The van der Waals surface area contributed by atoms with Gasteiger partial charge in [-0.25, -0.2) is 0 Å². The van der Waals surface area contributed by atoms with Gasteiger partial charge in [0, 0.05) is 32.3 Å². The van der Waals surface area contributed by atoms with Crippen LogP contribution in [0.15, 0.2) is 0 Å². The lowest BCUT2D eigenvalue weighted by atomic mass is 10.0. The molecule has 1 saturated heterocycles. The summed E-state index contributed by atoms with van der Waals surface area (Å²) in [4.78, 5) is 2.55. The Kier molecular flexibility index (Phi) is 7.01. The van der Waals surface area contributed by atoms with E-state index in [1.165, 1.54) is 32.4 Å². The molecule has 3 heteroatoms. The van der Waals surface area contributed by atoms with Crippen molar-refractivity contribution in [3.05, 3.63) is 0 Å². The maximum absolute atomic E-state index is 5.76. The SMILES string of the molecule is CC(N)CCCC(C)CN1CCCOCC1. The van der Waals surface area contributed by atoms with E-state index in [0.29, 0.717) is 6.04 Å². The Bertz CT molecular complexity index is 165. The highest BCUT2D eigenvalue weighted by atomic mass is 16.5. The first-order chi connectivity index (χ1) is 7.68. The van der Waals surface area contributed by atoms with E-state index in [9.17, 15) is 0 Å². The van der Waals surface area contributed by atoms with E-state index in [2.05, 4.69) is 18.7 Å². The van der Waals surface area contributed by atoms with E-state index >= 15 is 0 Å². The van der Waals surface area contributed by atoms with Crippen molar-refractivity contribution in [1.29, 1.82) is 0 Å². The third-order valence-corrected chi connectivity index (χ3v) is 3.24. The Hall–Kier alpha value is -0.120. The molecule has 1 aliphatic heterocycles. The van der Waals surface area contributed by atoms with Gasteiger partial charge in [0.2, 0.25) is 0 Å². The molecule has 3 nitrogen and oxygen atoms in total. The Balaban J connectivity index is 2.09. The van der Waals surface area contributed by atoms with Gasteiger partial charge in [-0.05, 0) is 32.1 Å². The molecule has 0 spiro atoms. The fourth-order valence-electron chi connectivity index (χ4n) is 2.30. The van der Waals surface area contributed by atoms with Crippen LogP contribution in [-0.2, 0) is 4.74 Å². The predicted molar refractivity (Wildman–Crippen MR) is 68.5 cm³/mol. The van der Waals surface area contributed by atoms with Crippen molar-refractivity contribution in [2.75, 3.05) is 32.8 Å². The maximum atomic E-state index is 5.76. The van der Waals surface area contributed by atoms with Crippen LogP contribution in [-0.4, -0.2) is 43.8 Å². The molecule has 1 rings (SSSR count). The van der Waals surface area contributed by atoms with Gasteiger partial charge in [-0.15, -0.1) is 0 Å². The summed E-state index contributed by atoms with van der Waals surface area (Å²) >= 11 is 0. The molecule has 0 aromatic carbocycles. The zero-order chi connectivity index (χ0) is 11.8. The molecule has 96 valence electrons. The minimum atomic E-state index is 0.360. The minimum absolute atomic E-state index is 0.360. The zero-order valence-corrected chi connectivity index (χ0v) is 11.0. The van der Waals surface area contributed by atoms with Crippen LogP contribution in [0.2, 0.25) is 0 Å². The van der Waals surface area contributed by atoms with Crippen LogP contribution >= 0.6 is 0 Å². The summed E-state index contributed by atoms with van der Waals surface area (Å²) in [6, 6.07) is 0.360. The molecule has 16 heavy (non-hydrogen) atoms. The molecule has 2 atom stereocenters. The summed E-state index contributed by atoms with van der Waals surface area (Å²) < 4.78 is 5.46. The van der Waals surface area contributed by atoms with Gasteiger partial charge in [0.15, 0.2) is 0 Å². The molecule has 1 fully saturated rings. The third kappa shape index (κ3) is 6.46. The van der Waals surface area contributed by atoms with Gasteiger partial charge in [-0.2, -0.15) is 0 Å². The van der Waals surface area contributed by atoms with Crippen LogP contribution in [0.25, 0.3) is 0 Å². The van der Waals surface area contributed by atoms with Gasteiger partial charge >= 0.3 is 0 Å². The second kappa shape index (κ2) is 8.04. The predicted octanol–water partition coefficient (Wildman–Crippen LogP) is 1.86. The first-order valence-electron chi connectivity index (χ1n) is 6.74. The summed E-state index contributed by atoms with van der Waals surface area (Å²) in [7, 11) is 0. The van der Waals surface area contributed by atoms with Gasteiger partial charge in [0.1, 0.15) is 0 Å². The van der Waals surface area contributed by atoms with Gasteiger partial charge < -0.3 is 15.4 Å². The fourth-order valence-corrected chi connectivity index (χ4v) is 2.30. The van der Waals surface area contributed by atoms with Crippen LogP contribution in [0, 0.1) is 5.92 Å². The summed E-state index contributed by atoms with van der Waals surface area (Å²) in [5.41, 5.74) is 5.76. The highest BCUT2D eigenvalue weighted by molar-refractivity contribution is 4.66. The van der Waals surface area contributed by atoms with Crippen molar-refractivity contribution in [1.82, 2.24) is 4.90 Å². The molecular formula is C13H28N2O. The van der Waals surface area contributed by atoms with Crippen LogP contribution in [0.1, 0.15) is 39.5 Å². The topological polar surface area (TPSA) is 38.5 Å². The van der Waals surface area contributed by atoms with Crippen molar-refractivity contribution in [3.63, 3.8) is 0 Å². The zero-order valence-electron chi connectivity index (χ0n) is 11.0. The highest BCUT2D eigenvalue weighted by Crippen LogP contribution is 2.12. The van der Waals surface area contributed by atoms with Crippen LogP contribution < -0.4 is 5.73 Å². The van der Waals surface area contributed by atoms with Gasteiger partial charge in [0.05, 0.1) is 6.61 Å². The minimum Gasteiger partial charge on any atom is -0.380 e. The lowest BCUT2D eigenvalue weighted by Crippen LogP contribution is -2.31. The molecule has 0 aliphatic carbocycles. The number of hydrogen-bond acceptors (Lipinski definition) is 3. The molecule has 2 N–H and O–H groups in total. The first kappa shape index (κ1) is 13.9. The van der Waals surface area contributed by atoms with Gasteiger partial charge in [0.25, 0.3) is 0 Å². The fraction of sp³-hybridized carbons (Fsp3) is 1.00. The maximum Gasteiger partial charge on any atom is 0.0593 e. The molecule has 1 aliphatic rings. The van der Waals surface area contributed by atoms with E-state index in [0.717, 1.165) is 32.1 Å². The van der Waals surface area contributed by atoms with Crippen molar-refractivity contribution in [2.45, 2.75) is 45.6 Å². The summed E-state index contributed by atoms with van der Waals surface area (Å²) in [5.74, 6) is 0.789. The number of hydrogen-bond donors (Lipinski definition) is 1. The molecule has 2 unspecified atom stereocenters.